The van der Waals surface area contributed by atoms with E-state index in [1.54, 1.807) is 12.1 Å². The second kappa shape index (κ2) is 7.79. The molecule has 1 unspecified atom stereocenters. The second-order valence-electron chi connectivity index (χ2n) is 5.37. The van der Waals surface area contributed by atoms with Gasteiger partial charge >= 0.3 is 0 Å². The van der Waals surface area contributed by atoms with Gasteiger partial charge in [-0.05, 0) is 56.0 Å². The molecule has 0 aromatic heterocycles. The van der Waals surface area contributed by atoms with Gasteiger partial charge in [0.2, 0.25) is 10.0 Å². The Morgan fingerprint density at radius 1 is 1.33 bits per heavy atom. The second-order valence-corrected chi connectivity index (χ2v) is 8.07. The lowest BCUT2D eigenvalue weighted by Crippen LogP contribution is -2.38. The Morgan fingerprint density at radius 3 is 2.81 bits per heavy atom. The van der Waals surface area contributed by atoms with Gasteiger partial charge in [-0.3, -0.25) is 0 Å². The Kier molecular flexibility index (Phi) is 6.32. The highest BCUT2D eigenvalue weighted by atomic mass is 35.5. The third-order valence-electron chi connectivity index (χ3n) is 3.59. The summed E-state index contributed by atoms with van der Waals surface area (Å²) >= 11 is 11.9. The van der Waals surface area contributed by atoms with Crippen LogP contribution in [0.25, 0.3) is 0 Å². The Hall–Kier alpha value is -0.330. The van der Waals surface area contributed by atoms with Crippen molar-refractivity contribution in [2.75, 3.05) is 25.4 Å². The molecule has 4 nitrogen and oxygen atoms in total. The van der Waals surface area contributed by atoms with Crippen LogP contribution in [0.1, 0.15) is 18.4 Å². The maximum atomic E-state index is 12.0. The number of nitrogens with one attached hydrogen (secondary N) is 2. The van der Waals surface area contributed by atoms with E-state index in [-0.39, 0.29) is 11.7 Å². The third-order valence-corrected chi connectivity index (χ3v) is 5.73. The number of benzene rings is 1. The molecule has 0 aliphatic carbocycles. The van der Waals surface area contributed by atoms with Crippen LogP contribution in [0.5, 0.6) is 0 Å². The molecule has 118 valence electrons. The summed E-state index contributed by atoms with van der Waals surface area (Å²) in [4.78, 5) is 0. The molecular formula is C14H20Cl2N2O2S. The van der Waals surface area contributed by atoms with E-state index in [1.807, 2.05) is 6.07 Å². The Bertz CT molecular complexity index is 572. The summed E-state index contributed by atoms with van der Waals surface area (Å²) < 4.78 is 26.7. The fourth-order valence-electron chi connectivity index (χ4n) is 2.50. The van der Waals surface area contributed by atoms with Gasteiger partial charge in [0.05, 0.1) is 5.75 Å². The molecule has 1 fully saturated rings. The standard InChI is InChI=1S/C14H20Cl2N2O2S/c15-13-4-3-12(14(16)8-13)5-7-18-21(19,20)10-11-2-1-6-17-9-11/h3-4,8,11,17-18H,1-2,5-7,9-10H2. The minimum Gasteiger partial charge on any atom is -0.316 e. The van der Waals surface area contributed by atoms with E-state index >= 15 is 0 Å². The SMILES string of the molecule is O=S(=O)(CC1CCCNC1)NCCc1ccc(Cl)cc1Cl. The molecule has 1 aliphatic heterocycles. The van der Waals surface area contributed by atoms with Crippen molar-refractivity contribution in [1.82, 2.24) is 10.0 Å². The molecule has 1 aromatic carbocycles. The predicted molar refractivity (Wildman–Crippen MR) is 87.5 cm³/mol. The highest BCUT2D eigenvalue weighted by Crippen LogP contribution is 2.21. The zero-order valence-electron chi connectivity index (χ0n) is 11.7. The van der Waals surface area contributed by atoms with Gasteiger partial charge in [-0.15, -0.1) is 0 Å². The number of hydrogen-bond acceptors (Lipinski definition) is 3. The van der Waals surface area contributed by atoms with Crippen LogP contribution in [0.2, 0.25) is 10.0 Å². The van der Waals surface area contributed by atoms with Crippen LogP contribution in [0.4, 0.5) is 0 Å². The van der Waals surface area contributed by atoms with Crippen molar-refractivity contribution in [3.63, 3.8) is 0 Å². The molecule has 2 N–H and O–H groups in total. The number of hydrogen-bond donors (Lipinski definition) is 2. The van der Waals surface area contributed by atoms with Crippen molar-refractivity contribution in [1.29, 1.82) is 0 Å². The van der Waals surface area contributed by atoms with Gasteiger partial charge in [-0.25, -0.2) is 13.1 Å². The lowest BCUT2D eigenvalue weighted by atomic mass is 10.0. The van der Waals surface area contributed by atoms with Crippen LogP contribution in [0.3, 0.4) is 0 Å². The molecule has 1 aliphatic rings. The number of sulfonamides is 1. The lowest BCUT2D eigenvalue weighted by molar-refractivity contribution is 0.403. The number of piperidine rings is 1. The van der Waals surface area contributed by atoms with E-state index in [1.165, 1.54) is 0 Å². The van der Waals surface area contributed by atoms with E-state index in [0.717, 1.165) is 31.5 Å². The van der Waals surface area contributed by atoms with Gasteiger partial charge in [0.15, 0.2) is 0 Å². The Labute approximate surface area is 136 Å². The van der Waals surface area contributed by atoms with Gasteiger partial charge in [-0.1, -0.05) is 29.3 Å². The fraction of sp³-hybridized carbons (Fsp3) is 0.571. The fourth-order valence-corrected chi connectivity index (χ4v) is 4.44. The van der Waals surface area contributed by atoms with E-state index in [9.17, 15) is 8.42 Å². The van der Waals surface area contributed by atoms with Crippen molar-refractivity contribution >= 4 is 33.2 Å². The predicted octanol–water partition coefficient (Wildman–Crippen LogP) is 2.45. The molecule has 0 bridgehead atoms. The van der Waals surface area contributed by atoms with Gasteiger partial charge < -0.3 is 5.32 Å². The molecule has 1 heterocycles. The molecule has 0 saturated carbocycles. The molecule has 1 saturated heterocycles. The minimum atomic E-state index is -3.23. The zero-order chi connectivity index (χ0) is 15.3. The zero-order valence-corrected chi connectivity index (χ0v) is 14.1. The monoisotopic (exact) mass is 350 g/mol. The van der Waals surface area contributed by atoms with Crippen LogP contribution in [-0.2, 0) is 16.4 Å². The first-order chi connectivity index (χ1) is 9.96. The van der Waals surface area contributed by atoms with E-state index < -0.39 is 10.0 Å². The number of rotatable bonds is 6. The first-order valence-corrected chi connectivity index (χ1v) is 9.49. The van der Waals surface area contributed by atoms with E-state index in [0.29, 0.717) is 23.0 Å². The first kappa shape index (κ1) is 17.0. The summed E-state index contributed by atoms with van der Waals surface area (Å²) in [6.45, 7) is 2.12. The maximum absolute atomic E-state index is 12.0. The Morgan fingerprint density at radius 2 is 2.14 bits per heavy atom. The van der Waals surface area contributed by atoms with Crippen molar-refractivity contribution in [3.05, 3.63) is 33.8 Å². The molecule has 21 heavy (non-hydrogen) atoms. The quantitative estimate of drug-likeness (QED) is 0.828. The molecule has 0 radical (unpaired) electrons. The largest absolute Gasteiger partial charge is 0.316 e. The van der Waals surface area contributed by atoms with Crippen LogP contribution in [0, 0.1) is 5.92 Å². The van der Waals surface area contributed by atoms with Crippen LogP contribution in [-0.4, -0.2) is 33.8 Å². The first-order valence-electron chi connectivity index (χ1n) is 7.08. The normalized spacial score (nSPS) is 19.6. The third kappa shape index (κ3) is 5.75. The van der Waals surface area contributed by atoms with Crippen molar-refractivity contribution in [2.45, 2.75) is 19.3 Å². The topological polar surface area (TPSA) is 58.2 Å². The maximum Gasteiger partial charge on any atom is 0.211 e. The molecule has 1 aromatic rings. The highest BCUT2D eigenvalue weighted by Gasteiger charge is 2.20. The van der Waals surface area contributed by atoms with Crippen molar-refractivity contribution in [3.8, 4) is 0 Å². The van der Waals surface area contributed by atoms with Crippen molar-refractivity contribution < 1.29 is 8.42 Å². The summed E-state index contributed by atoms with van der Waals surface area (Å²) in [5, 5.41) is 4.38. The molecule has 0 amide bonds. The van der Waals surface area contributed by atoms with E-state index in [4.69, 9.17) is 23.2 Å². The van der Waals surface area contributed by atoms with Gasteiger partial charge in [0.1, 0.15) is 0 Å². The Balaban J connectivity index is 1.81. The average molecular weight is 351 g/mol. The lowest BCUT2D eigenvalue weighted by Gasteiger charge is -2.22. The number of halogens is 2. The van der Waals surface area contributed by atoms with Crippen molar-refractivity contribution in [2.24, 2.45) is 5.92 Å². The van der Waals surface area contributed by atoms with Crippen LogP contribution in [0.15, 0.2) is 18.2 Å². The van der Waals surface area contributed by atoms with Gasteiger partial charge in [0, 0.05) is 16.6 Å². The average Bonchev–Trinajstić information content (AvgIpc) is 2.42. The summed E-state index contributed by atoms with van der Waals surface area (Å²) in [7, 11) is -3.23. The van der Waals surface area contributed by atoms with Gasteiger partial charge in [0.25, 0.3) is 0 Å². The summed E-state index contributed by atoms with van der Waals surface area (Å²) in [5.74, 6) is 0.393. The molecule has 0 spiro atoms. The smallest absolute Gasteiger partial charge is 0.211 e. The molecular weight excluding hydrogens is 331 g/mol. The molecule has 7 heteroatoms. The van der Waals surface area contributed by atoms with Crippen LogP contribution >= 0.6 is 23.2 Å². The van der Waals surface area contributed by atoms with Gasteiger partial charge in [-0.2, -0.15) is 0 Å². The minimum absolute atomic E-state index is 0.189. The summed E-state index contributed by atoms with van der Waals surface area (Å²) in [6.07, 6.45) is 2.57. The molecule has 2 rings (SSSR count). The summed E-state index contributed by atoms with van der Waals surface area (Å²) in [5.41, 5.74) is 0.892. The highest BCUT2D eigenvalue weighted by molar-refractivity contribution is 7.89. The molecule has 1 atom stereocenters. The van der Waals surface area contributed by atoms with Crippen LogP contribution < -0.4 is 10.0 Å². The van der Waals surface area contributed by atoms with E-state index in [2.05, 4.69) is 10.0 Å². The summed E-state index contributed by atoms with van der Waals surface area (Å²) in [6, 6.07) is 5.25.